The third kappa shape index (κ3) is 2.88. The number of aryl methyl sites for hydroxylation is 1. The first-order valence-corrected chi connectivity index (χ1v) is 8.18. The number of nitrogens with zero attached hydrogens (tertiary/aromatic N) is 2. The maximum Gasteiger partial charge on any atom is 0.315 e. The molecule has 1 unspecified atom stereocenters. The number of nitrogens with one attached hydrogen (secondary N) is 1. The zero-order chi connectivity index (χ0) is 14.8. The summed E-state index contributed by atoms with van der Waals surface area (Å²) < 4.78 is 5.13. The SMILES string of the molecule is CCOC(=O)C1CCc2sc(N3CCNC(=O)CC3)nc21. The van der Waals surface area contributed by atoms with Crippen molar-refractivity contribution in [1.82, 2.24) is 10.3 Å². The Kier molecular flexibility index (Phi) is 4.10. The van der Waals surface area contributed by atoms with Crippen LogP contribution in [0.3, 0.4) is 0 Å². The number of hydrogen-bond acceptors (Lipinski definition) is 6. The van der Waals surface area contributed by atoms with Gasteiger partial charge < -0.3 is 15.0 Å². The second kappa shape index (κ2) is 6.01. The summed E-state index contributed by atoms with van der Waals surface area (Å²) >= 11 is 1.65. The zero-order valence-electron chi connectivity index (χ0n) is 12.1. The third-order valence-electron chi connectivity index (χ3n) is 3.86. The van der Waals surface area contributed by atoms with Crippen molar-refractivity contribution >= 4 is 28.3 Å². The van der Waals surface area contributed by atoms with Gasteiger partial charge in [-0.15, -0.1) is 11.3 Å². The van der Waals surface area contributed by atoms with Gasteiger partial charge in [0, 0.05) is 30.9 Å². The van der Waals surface area contributed by atoms with Crippen LogP contribution in [0.25, 0.3) is 0 Å². The van der Waals surface area contributed by atoms with E-state index in [4.69, 9.17) is 4.74 Å². The number of hydrogen-bond donors (Lipinski definition) is 1. The Morgan fingerprint density at radius 1 is 1.48 bits per heavy atom. The highest BCUT2D eigenvalue weighted by Crippen LogP contribution is 2.40. The Morgan fingerprint density at radius 2 is 2.33 bits per heavy atom. The van der Waals surface area contributed by atoms with Crippen LogP contribution in [0.15, 0.2) is 0 Å². The molecule has 1 atom stereocenters. The van der Waals surface area contributed by atoms with Crippen LogP contribution in [0, 0.1) is 0 Å². The Balaban J connectivity index is 1.76. The van der Waals surface area contributed by atoms with Crippen molar-refractivity contribution in [3.63, 3.8) is 0 Å². The van der Waals surface area contributed by atoms with Crippen molar-refractivity contribution in [2.75, 3.05) is 31.1 Å². The second-order valence-electron chi connectivity index (χ2n) is 5.24. The molecule has 0 bridgehead atoms. The monoisotopic (exact) mass is 309 g/mol. The second-order valence-corrected chi connectivity index (χ2v) is 6.30. The van der Waals surface area contributed by atoms with Gasteiger partial charge in [0.05, 0.1) is 12.3 Å². The van der Waals surface area contributed by atoms with Crippen molar-refractivity contribution in [3.8, 4) is 0 Å². The Hall–Kier alpha value is -1.63. The minimum absolute atomic E-state index is 0.0889. The van der Waals surface area contributed by atoms with Gasteiger partial charge >= 0.3 is 5.97 Å². The smallest absolute Gasteiger partial charge is 0.315 e. The van der Waals surface area contributed by atoms with Gasteiger partial charge in [-0.25, -0.2) is 4.98 Å². The lowest BCUT2D eigenvalue weighted by atomic mass is 10.1. The first kappa shape index (κ1) is 14.3. The molecule has 1 saturated heterocycles. The van der Waals surface area contributed by atoms with Crippen LogP contribution in [0.5, 0.6) is 0 Å². The van der Waals surface area contributed by atoms with E-state index >= 15 is 0 Å². The predicted octanol–water partition coefficient (Wildman–Crippen LogP) is 1.06. The number of aromatic nitrogens is 1. The molecule has 2 heterocycles. The maximum atomic E-state index is 12.0. The average molecular weight is 309 g/mol. The Bertz CT molecular complexity index is 558. The molecule has 21 heavy (non-hydrogen) atoms. The van der Waals surface area contributed by atoms with E-state index in [-0.39, 0.29) is 17.8 Å². The lowest BCUT2D eigenvalue weighted by Crippen LogP contribution is -2.28. The molecule has 1 aromatic rings. The normalized spacial score (nSPS) is 21.7. The minimum atomic E-state index is -0.211. The molecule has 1 aliphatic heterocycles. The van der Waals surface area contributed by atoms with E-state index < -0.39 is 0 Å². The minimum Gasteiger partial charge on any atom is -0.465 e. The molecule has 7 heteroatoms. The standard InChI is InChI=1S/C14H19N3O3S/c1-2-20-13(19)9-3-4-10-12(9)16-14(21-10)17-7-5-11(18)15-6-8-17/h9H,2-8H2,1H3,(H,15,18). The van der Waals surface area contributed by atoms with Crippen molar-refractivity contribution in [3.05, 3.63) is 10.6 Å². The summed E-state index contributed by atoms with van der Waals surface area (Å²) in [4.78, 5) is 31.3. The number of rotatable bonds is 3. The third-order valence-corrected chi connectivity index (χ3v) is 5.05. The number of thiazole rings is 1. The van der Waals surface area contributed by atoms with Crippen LogP contribution >= 0.6 is 11.3 Å². The number of ether oxygens (including phenoxy) is 1. The molecule has 0 spiro atoms. The van der Waals surface area contributed by atoms with E-state index in [1.165, 1.54) is 4.88 Å². The zero-order valence-corrected chi connectivity index (χ0v) is 12.9. The van der Waals surface area contributed by atoms with Gasteiger partial charge in [0.1, 0.15) is 5.92 Å². The summed E-state index contributed by atoms with van der Waals surface area (Å²) in [6.45, 7) is 4.32. The Labute approximate surface area is 127 Å². The molecule has 0 aromatic carbocycles. The van der Waals surface area contributed by atoms with E-state index in [0.29, 0.717) is 26.1 Å². The highest BCUT2D eigenvalue weighted by Gasteiger charge is 2.34. The number of carbonyl (C=O) groups excluding carboxylic acids is 2. The molecular weight excluding hydrogens is 290 g/mol. The van der Waals surface area contributed by atoms with Gasteiger partial charge in [-0.3, -0.25) is 9.59 Å². The summed E-state index contributed by atoms with van der Waals surface area (Å²) in [5.74, 6) is -0.288. The van der Waals surface area contributed by atoms with Crippen LogP contribution in [0.4, 0.5) is 5.13 Å². The van der Waals surface area contributed by atoms with E-state index in [1.807, 2.05) is 6.92 Å². The van der Waals surface area contributed by atoms with Crippen LogP contribution in [-0.2, 0) is 20.7 Å². The fourth-order valence-electron chi connectivity index (χ4n) is 2.78. The molecule has 0 radical (unpaired) electrons. The highest BCUT2D eigenvalue weighted by molar-refractivity contribution is 7.15. The molecule has 0 saturated carbocycles. The molecule has 1 aromatic heterocycles. The number of anilines is 1. The van der Waals surface area contributed by atoms with Gasteiger partial charge in [0.15, 0.2) is 5.13 Å². The van der Waals surface area contributed by atoms with Crippen LogP contribution < -0.4 is 10.2 Å². The number of carbonyl (C=O) groups is 2. The van der Waals surface area contributed by atoms with Crippen LogP contribution in [-0.4, -0.2) is 43.1 Å². The van der Waals surface area contributed by atoms with Crippen molar-refractivity contribution in [1.29, 1.82) is 0 Å². The fraction of sp³-hybridized carbons (Fsp3) is 0.643. The molecule has 1 amide bonds. The van der Waals surface area contributed by atoms with E-state index in [9.17, 15) is 9.59 Å². The van der Waals surface area contributed by atoms with Crippen molar-refractivity contribution < 1.29 is 14.3 Å². The number of esters is 1. The maximum absolute atomic E-state index is 12.0. The summed E-state index contributed by atoms with van der Waals surface area (Å²) in [6.07, 6.45) is 2.18. The molecule has 1 aliphatic carbocycles. The average Bonchev–Trinajstić information content (AvgIpc) is 2.96. The van der Waals surface area contributed by atoms with E-state index in [1.54, 1.807) is 11.3 Å². The topological polar surface area (TPSA) is 71.5 Å². The number of amides is 1. The van der Waals surface area contributed by atoms with E-state index in [2.05, 4.69) is 15.2 Å². The lowest BCUT2D eigenvalue weighted by Gasteiger charge is -2.18. The first-order chi connectivity index (χ1) is 10.2. The van der Waals surface area contributed by atoms with E-state index in [0.717, 1.165) is 30.2 Å². The molecule has 2 aliphatic rings. The predicted molar refractivity (Wildman–Crippen MR) is 79.6 cm³/mol. The Morgan fingerprint density at radius 3 is 3.14 bits per heavy atom. The molecule has 1 fully saturated rings. The van der Waals surface area contributed by atoms with Crippen molar-refractivity contribution in [2.45, 2.75) is 32.1 Å². The van der Waals surface area contributed by atoms with Crippen molar-refractivity contribution in [2.24, 2.45) is 0 Å². The van der Waals surface area contributed by atoms with Gasteiger partial charge in [-0.05, 0) is 19.8 Å². The molecule has 3 rings (SSSR count). The van der Waals surface area contributed by atoms with Gasteiger partial charge in [-0.1, -0.05) is 0 Å². The summed E-state index contributed by atoms with van der Waals surface area (Å²) in [6, 6.07) is 0. The lowest BCUT2D eigenvalue weighted by molar-refractivity contribution is -0.145. The van der Waals surface area contributed by atoms with Gasteiger partial charge in [0.25, 0.3) is 0 Å². The van der Waals surface area contributed by atoms with Crippen LogP contribution in [0.2, 0.25) is 0 Å². The molecule has 1 N–H and O–H groups in total. The molecule has 6 nitrogen and oxygen atoms in total. The fourth-order valence-corrected chi connectivity index (χ4v) is 3.97. The molecule has 114 valence electrons. The summed E-state index contributed by atoms with van der Waals surface area (Å²) in [5, 5.41) is 3.78. The van der Waals surface area contributed by atoms with Crippen LogP contribution in [0.1, 0.15) is 36.3 Å². The van der Waals surface area contributed by atoms with Gasteiger partial charge in [-0.2, -0.15) is 0 Å². The highest BCUT2D eigenvalue weighted by atomic mass is 32.1. The summed E-state index contributed by atoms with van der Waals surface area (Å²) in [5.41, 5.74) is 0.886. The largest absolute Gasteiger partial charge is 0.465 e. The first-order valence-electron chi connectivity index (χ1n) is 7.37. The number of fused-ring (bicyclic) bond motifs is 1. The van der Waals surface area contributed by atoms with Gasteiger partial charge in [0.2, 0.25) is 5.91 Å². The quantitative estimate of drug-likeness (QED) is 0.846. The summed E-state index contributed by atoms with van der Waals surface area (Å²) in [7, 11) is 0. The molecular formula is C14H19N3O3S.